The topological polar surface area (TPSA) is 17.1 Å². The Hall–Kier alpha value is -1.44. The lowest BCUT2D eigenvalue weighted by atomic mass is 10.0. The summed E-state index contributed by atoms with van der Waals surface area (Å²) in [6, 6.07) is 10.1. The minimum Gasteiger partial charge on any atom is -0.295 e. The molecule has 0 heterocycles. The number of halogens is 1. The van der Waals surface area contributed by atoms with Crippen LogP contribution >= 0.6 is 0 Å². The number of allylic oxidation sites excluding steroid dienone is 2. The van der Waals surface area contributed by atoms with Crippen molar-refractivity contribution in [2.45, 2.75) is 38.3 Å². The number of carbonyl (C=O) groups excluding carboxylic acids is 1. The third-order valence-corrected chi connectivity index (χ3v) is 3.17. The van der Waals surface area contributed by atoms with E-state index < -0.39 is 6.17 Å². The van der Waals surface area contributed by atoms with E-state index in [1.807, 2.05) is 18.2 Å². The number of benzene rings is 1. The van der Waals surface area contributed by atoms with Gasteiger partial charge in [0.05, 0.1) is 0 Å². The zero-order chi connectivity index (χ0) is 12.1. The van der Waals surface area contributed by atoms with Crippen LogP contribution in [0.4, 0.5) is 4.39 Å². The summed E-state index contributed by atoms with van der Waals surface area (Å²) >= 11 is 0. The molecule has 0 amide bonds. The number of aryl methyl sites for hydroxylation is 1. The number of alkyl halides is 1. The molecule has 1 aromatic rings. The van der Waals surface area contributed by atoms with Gasteiger partial charge in [0.1, 0.15) is 6.17 Å². The zero-order valence-corrected chi connectivity index (χ0v) is 9.86. The Morgan fingerprint density at radius 2 is 1.94 bits per heavy atom. The maximum Gasteiger partial charge on any atom is 0.156 e. The van der Waals surface area contributed by atoms with Crippen molar-refractivity contribution < 1.29 is 9.18 Å². The van der Waals surface area contributed by atoms with E-state index in [0.29, 0.717) is 24.8 Å². The van der Waals surface area contributed by atoms with Crippen molar-refractivity contribution in [2.24, 2.45) is 0 Å². The minimum atomic E-state index is -0.926. The van der Waals surface area contributed by atoms with Crippen LogP contribution in [0.15, 0.2) is 42.0 Å². The summed E-state index contributed by atoms with van der Waals surface area (Å²) in [5.74, 6) is 0.0747. The third kappa shape index (κ3) is 3.52. The second-order valence-corrected chi connectivity index (χ2v) is 4.53. The Bertz CT molecular complexity index is 408. The molecule has 1 aliphatic carbocycles. The molecule has 90 valence electrons. The first-order chi connectivity index (χ1) is 8.25. The van der Waals surface area contributed by atoms with E-state index in [-0.39, 0.29) is 5.78 Å². The summed E-state index contributed by atoms with van der Waals surface area (Å²) in [4.78, 5) is 11.0. The molecular formula is C15H17FO. The number of hydrogen-bond donors (Lipinski definition) is 0. The third-order valence-electron chi connectivity index (χ3n) is 3.17. The first kappa shape index (κ1) is 12.0. The molecule has 0 saturated heterocycles. The van der Waals surface area contributed by atoms with Gasteiger partial charge in [0.25, 0.3) is 0 Å². The van der Waals surface area contributed by atoms with Crippen LogP contribution in [-0.2, 0) is 11.2 Å². The number of carbonyl (C=O) groups is 1. The zero-order valence-electron chi connectivity index (χ0n) is 9.86. The molecule has 0 bridgehead atoms. The normalized spacial score (nSPS) is 17.0. The fourth-order valence-corrected chi connectivity index (χ4v) is 2.18. The molecule has 0 fully saturated rings. The van der Waals surface area contributed by atoms with E-state index >= 15 is 0 Å². The van der Waals surface area contributed by atoms with Crippen molar-refractivity contribution in [1.29, 1.82) is 0 Å². The molecule has 2 rings (SSSR count). The van der Waals surface area contributed by atoms with Gasteiger partial charge in [-0.1, -0.05) is 30.3 Å². The van der Waals surface area contributed by atoms with Crippen LogP contribution in [-0.4, -0.2) is 12.0 Å². The van der Waals surface area contributed by atoms with Crippen molar-refractivity contribution in [3.8, 4) is 0 Å². The Kier molecular flexibility index (Phi) is 4.08. The first-order valence-electron chi connectivity index (χ1n) is 6.17. The van der Waals surface area contributed by atoms with Crippen LogP contribution in [0, 0.1) is 0 Å². The standard InChI is InChI=1S/C15H17FO/c16-15(13-9-10-14(17)11-13)8-4-7-12-5-2-1-3-6-12/h1-3,5-6,11,15H,4,7-10H2/t15-/m0/s1. The fraction of sp³-hybridized carbons (Fsp3) is 0.400. The van der Waals surface area contributed by atoms with E-state index in [1.165, 1.54) is 11.6 Å². The van der Waals surface area contributed by atoms with Crippen LogP contribution in [0.1, 0.15) is 31.2 Å². The summed E-state index contributed by atoms with van der Waals surface area (Å²) in [6.07, 6.45) is 3.94. The quantitative estimate of drug-likeness (QED) is 0.757. The van der Waals surface area contributed by atoms with E-state index in [9.17, 15) is 9.18 Å². The van der Waals surface area contributed by atoms with Gasteiger partial charge in [0.15, 0.2) is 5.78 Å². The predicted octanol–water partition coefficient (Wildman–Crippen LogP) is 3.64. The molecule has 0 spiro atoms. The smallest absolute Gasteiger partial charge is 0.156 e. The molecule has 0 N–H and O–H groups in total. The number of hydrogen-bond acceptors (Lipinski definition) is 1. The molecule has 0 saturated carbocycles. The summed E-state index contributed by atoms with van der Waals surface area (Å²) in [7, 11) is 0. The summed E-state index contributed by atoms with van der Waals surface area (Å²) < 4.78 is 13.8. The van der Waals surface area contributed by atoms with Gasteiger partial charge in [0, 0.05) is 6.42 Å². The lowest BCUT2D eigenvalue weighted by molar-refractivity contribution is -0.114. The Morgan fingerprint density at radius 3 is 2.59 bits per heavy atom. The van der Waals surface area contributed by atoms with Crippen LogP contribution < -0.4 is 0 Å². The van der Waals surface area contributed by atoms with Crippen LogP contribution in [0.3, 0.4) is 0 Å². The molecule has 2 heteroatoms. The molecule has 0 aromatic heterocycles. The van der Waals surface area contributed by atoms with Gasteiger partial charge in [-0.15, -0.1) is 0 Å². The van der Waals surface area contributed by atoms with Gasteiger partial charge in [-0.25, -0.2) is 4.39 Å². The Balaban J connectivity index is 1.75. The van der Waals surface area contributed by atoms with Crippen molar-refractivity contribution in [3.05, 3.63) is 47.5 Å². The fourth-order valence-electron chi connectivity index (χ4n) is 2.18. The van der Waals surface area contributed by atoms with E-state index in [2.05, 4.69) is 12.1 Å². The van der Waals surface area contributed by atoms with Crippen molar-refractivity contribution in [3.63, 3.8) is 0 Å². The molecule has 1 atom stereocenters. The van der Waals surface area contributed by atoms with Gasteiger partial charge in [0.2, 0.25) is 0 Å². The van der Waals surface area contributed by atoms with Gasteiger partial charge in [-0.3, -0.25) is 4.79 Å². The molecule has 17 heavy (non-hydrogen) atoms. The largest absolute Gasteiger partial charge is 0.295 e. The maximum absolute atomic E-state index is 13.8. The monoisotopic (exact) mass is 232 g/mol. The Labute approximate surface area is 101 Å². The highest BCUT2D eigenvalue weighted by molar-refractivity contribution is 5.93. The van der Waals surface area contributed by atoms with Gasteiger partial charge < -0.3 is 0 Å². The highest BCUT2D eigenvalue weighted by Gasteiger charge is 2.19. The second kappa shape index (κ2) is 5.76. The molecule has 0 aliphatic heterocycles. The van der Waals surface area contributed by atoms with E-state index in [0.717, 1.165) is 12.8 Å². The molecule has 1 nitrogen and oxygen atoms in total. The SMILES string of the molecule is O=C1C=C([C@@H](F)CCCc2ccccc2)CC1. The predicted molar refractivity (Wildman–Crippen MR) is 66.6 cm³/mol. The van der Waals surface area contributed by atoms with Crippen molar-refractivity contribution in [2.75, 3.05) is 0 Å². The van der Waals surface area contributed by atoms with Gasteiger partial charge in [-0.2, -0.15) is 0 Å². The molecular weight excluding hydrogens is 215 g/mol. The summed E-state index contributed by atoms with van der Waals surface area (Å²) in [6.45, 7) is 0. The Morgan fingerprint density at radius 1 is 1.18 bits per heavy atom. The van der Waals surface area contributed by atoms with Gasteiger partial charge >= 0.3 is 0 Å². The van der Waals surface area contributed by atoms with Crippen molar-refractivity contribution >= 4 is 5.78 Å². The van der Waals surface area contributed by atoms with E-state index in [4.69, 9.17) is 0 Å². The first-order valence-corrected chi connectivity index (χ1v) is 6.17. The lowest BCUT2D eigenvalue weighted by Gasteiger charge is -2.08. The summed E-state index contributed by atoms with van der Waals surface area (Å²) in [5, 5.41) is 0. The average molecular weight is 232 g/mol. The highest BCUT2D eigenvalue weighted by Crippen LogP contribution is 2.24. The molecule has 1 aromatic carbocycles. The average Bonchev–Trinajstić information content (AvgIpc) is 2.77. The molecule has 0 radical (unpaired) electrons. The number of rotatable bonds is 5. The highest BCUT2D eigenvalue weighted by atomic mass is 19.1. The van der Waals surface area contributed by atoms with Crippen LogP contribution in [0.2, 0.25) is 0 Å². The maximum atomic E-state index is 13.8. The number of ketones is 1. The van der Waals surface area contributed by atoms with Crippen LogP contribution in [0.25, 0.3) is 0 Å². The van der Waals surface area contributed by atoms with Crippen LogP contribution in [0.5, 0.6) is 0 Å². The van der Waals surface area contributed by atoms with Crippen molar-refractivity contribution in [1.82, 2.24) is 0 Å². The van der Waals surface area contributed by atoms with E-state index in [1.54, 1.807) is 0 Å². The molecule has 1 aliphatic rings. The minimum absolute atomic E-state index is 0.0747. The summed E-state index contributed by atoms with van der Waals surface area (Å²) in [5.41, 5.74) is 1.94. The van der Waals surface area contributed by atoms with Gasteiger partial charge in [-0.05, 0) is 42.9 Å². The lowest BCUT2D eigenvalue weighted by Crippen LogP contribution is -2.03. The molecule has 0 unspecified atom stereocenters. The second-order valence-electron chi connectivity index (χ2n) is 4.53.